The van der Waals surface area contributed by atoms with Gasteiger partial charge >= 0.3 is 0 Å². The van der Waals surface area contributed by atoms with Gasteiger partial charge in [0.05, 0.1) is 6.20 Å². The van der Waals surface area contributed by atoms with Crippen LogP contribution in [0.2, 0.25) is 0 Å². The van der Waals surface area contributed by atoms with Crippen LogP contribution >= 0.6 is 27.3 Å². The molecule has 1 atom stereocenters. The second kappa shape index (κ2) is 4.32. The summed E-state index contributed by atoms with van der Waals surface area (Å²) in [5, 5.41) is 5.99. The number of halogens is 1. The van der Waals surface area contributed by atoms with Crippen LogP contribution in [0.15, 0.2) is 20.6 Å². The molecule has 0 saturated heterocycles. The number of hydrogen-bond donors (Lipinski definition) is 1. The first-order valence-corrected chi connectivity index (χ1v) is 6.12. The number of nitrogens with one attached hydrogen (secondary N) is 1. The van der Waals surface area contributed by atoms with Crippen molar-refractivity contribution in [2.75, 3.05) is 5.32 Å². The molecular formula is C9H10BrN3OS. The molecule has 0 bridgehead atoms. The van der Waals surface area contributed by atoms with E-state index in [0.717, 1.165) is 15.5 Å². The predicted molar refractivity (Wildman–Crippen MR) is 63.1 cm³/mol. The quantitative estimate of drug-likeness (QED) is 0.940. The molecule has 0 fully saturated rings. The summed E-state index contributed by atoms with van der Waals surface area (Å²) < 4.78 is 6.25. The second-order valence-corrected chi connectivity index (χ2v) is 4.82. The maximum absolute atomic E-state index is 5.42. The lowest BCUT2D eigenvalue weighted by Crippen LogP contribution is -2.06. The molecule has 0 aliphatic rings. The first-order chi connectivity index (χ1) is 7.15. The molecule has 80 valence electrons. The molecule has 15 heavy (non-hydrogen) atoms. The van der Waals surface area contributed by atoms with E-state index in [1.165, 1.54) is 0 Å². The van der Waals surface area contributed by atoms with Gasteiger partial charge in [0, 0.05) is 5.38 Å². The van der Waals surface area contributed by atoms with Crippen molar-refractivity contribution in [2.24, 2.45) is 0 Å². The summed E-state index contributed by atoms with van der Waals surface area (Å²) in [6, 6.07) is 0.0248. The van der Waals surface area contributed by atoms with Gasteiger partial charge in [0.2, 0.25) is 5.89 Å². The van der Waals surface area contributed by atoms with E-state index in [0.29, 0.717) is 5.89 Å². The lowest BCUT2D eigenvalue weighted by atomic mass is 10.3. The molecule has 0 aromatic carbocycles. The molecule has 0 aliphatic heterocycles. The standard InChI is InChI=1S/C9H10BrN3OS/c1-5-3-11-8(14-5)6(2)12-9-13-7(10)4-15-9/h3-4,6H,1-2H3,(H,12,13). The van der Waals surface area contributed by atoms with Crippen LogP contribution in [-0.4, -0.2) is 9.97 Å². The normalized spacial score (nSPS) is 12.7. The fourth-order valence-electron chi connectivity index (χ4n) is 1.14. The van der Waals surface area contributed by atoms with Gasteiger partial charge in [-0.3, -0.25) is 0 Å². The Bertz CT molecular complexity index is 454. The monoisotopic (exact) mass is 287 g/mol. The summed E-state index contributed by atoms with van der Waals surface area (Å²) in [5.41, 5.74) is 0. The van der Waals surface area contributed by atoms with Gasteiger partial charge in [-0.2, -0.15) is 0 Å². The van der Waals surface area contributed by atoms with E-state index in [2.05, 4.69) is 31.2 Å². The van der Waals surface area contributed by atoms with Crippen LogP contribution in [0.5, 0.6) is 0 Å². The van der Waals surface area contributed by atoms with E-state index < -0.39 is 0 Å². The average Bonchev–Trinajstić information content (AvgIpc) is 2.75. The summed E-state index contributed by atoms with van der Waals surface area (Å²) in [7, 11) is 0. The molecule has 1 unspecified atom stereocenters. The van der Waals surface area contributed by atoms with Crippen molar-refractivity contribution in [1.29, 1.82) is 0 Å². The minimum Gasteiger partial charge on any atom is -0.444 e. The zero-order valence-electron chi connectivity index (χ0n) is 8.32. The molecular weight excluding hydrogens is 278 g/mol. The van der Waals surface area contributed by atoms with E-state index in [4.69, 9.17) is 4.42 Å². The zero-order chi connectivity index (χ0) is 10.8. The Morgan fingerprint density at radius 1 is 1.60 bits per heavy atom. The first kappa shape index (κ1) is 10.6. The molecule has 0 radical (unpaired) electrons. The van der Waals surface area contributed by atoms with Crippen molar-refractivity contribution in [2.45, 2.75) is 19.9 Å². The summed E-state index contributed by atoms with van der Waals surface area (Å²) >= 11 is 4.84. The number of anilines is 1. The minimum absolute atomic E-state index is 0.0248. The van der Waals surface area contributed by atoms with Gasteiger partial charge in [-0.05, 0) is 29.8 Å². The van der Waals surface area contributed by atoms with E-state index in [-0.39, 0.29) is 6.04 Å². The van der Waals surface area contributed by atoms with Crippen LogP contribution in [0.3, 0.4) is 0 Å². The zero-order valence-corrected chi connectivity index (χ0v) is 10.7. The van der Waals surface area contributed by atoms with E-state index in [9.17, 15) is 0 Å². The maximum atomic E-state index is 5.42. The topological polar surface area (TPSA) is 51.0 Å². The SMILES string of the molecule is Cc1cnc(C(C)Nc2nc(Br)cs2)o1. The van der Waals surface area contributed by atoms with Gasteiger partial charge in [0.25, 0.3) is 0 Å². The minimum atomic E-state index is 0.0248. The molecule has 0 saturated carbocycles. The van der Waals surface area contributed by atoms with Gasteiger partial charge in [-0.25, -0.2) is 9.97 Å². The molecule has 2 heterocycles. The molecule has 0 aliphatic carbocycles. The first-order valence-electron chi connectivity index (χ1n) is 4.45. The molecule has 0 spiro atoms. The maximum Gasteiger partial charge on any atom is 0.216 e. The van der Waals surface area contributed by atoms with Crippen LogP contribution in [0.25, 0.3) is 0 Å². The predicted octanol–water partition coefficient (Wildman–Crippen LogP) is 3.38. The summed E-state index contributed by atoms with van der Waals surface area (Å²) in [4.78, 5) is 8.39. The third-order valence-electron chi connectivity index (χ3n) is 1.83. The van der Waals surface area contributed by atoms with E-state index in [1.807, 2.05) is 19.2 Å². The van der Waals surface area contributed by atoms with Gasteiger partial charge in [0.15, 0.2) is 5.13 Å². The van der Waals surface area contributed by atoms with Gasteiger partial charge in [0.1, 0.15) is 16.4 Å². The smallest absolute Gasteiger partial charge is 0.216 e. The third-order valence-corrected chi connectivity index (χ3v) is 3.31. The Morgan fingerprint density at radius 2 is 2.40 bits per heavy atom. The second-order valence-electron chi connectivity index (χ2n) is 3.15. The summed E-state index contributed by atoms with van der Waals surface area (Å²) in [6.07, 6.45) is 1.71. The highest BCUT2D eigenvalue weighted by Gasteiger charge is 2.12. The Labute approximate surface area is 99.9 Å². The number of nitrogens with zero attached hydrogens (tertiary/aromatic N) is 2. The van der Waals surface area contributed by atoms with E-state index in [1.54, 1.807) is 17.5 Å². The number of aromatic nitrogens is 2. The van der Waals surface area contributed by atoms with Crippen LogP contribution in [-0.2, 0) is 0 Å². The number of rotatable bonds is 3. The van der Waals surface area contributed by atoms with Crippen LogP contribution < -0.4 is 5.32 Å². The highest BCUT2D eigenvalue weighted by Crippen LogP contribution is 2.24. The summed E-state index contributed by atoms with van der Waals surface area (Å²) in [5.74, 6) is 1.50. The van der Waals surface area contributed by atoms with Crippen molar-refractivity contribution < 1.29 is 4.42 Å². The largest absolute Gasteiger partial charge is 0.444 e. The molecule has 2 aromatic rings. The van der Waals surface area contributed by atoms with E-state index >= 15 is 0 Å². The number of hydrogen-bond acceptors (Lipinski definition) is 5. The van der Waals surface area contributed by atoms with Gasteiger partial charge < -0.3 is 9.73 Å². The van der Waals surface area contributed by atoms with Crippen LogP contribution in [0.4, 0.5) is 5.13 Å². The fraction of sp³-hybridized carbons (Fsp3) is 0.333. The van der Waals surface area contributed by atoms with Crippen LogP contribution in [0, 0.1) is 6.92 Å². The Morgan fingerprint density at radius 3 is 2.93 bits per heavy atom. The highest BCUT2D eigenvalue weighted by atomic mass is 79.9. The highest BCUT2D eigenvalue weighted by molar-refractivity contribution is 9.10. The molecule has 2 rings (SSSR count). The number of aryl methyl sites for hydroxylation is 1. The van der Waals surface area contributed by atoms with Gasteiger partial charge in [-0.1, -0.05) is 0 Å². The molecule has 4 nitrogen and oxygen atoms in total. The molecule has 2 aromatic heterocycles. The number of thiazole rings is 1. The van der Waals surface area contributed by atoms with Crippen molar-refractivity contribution in [3.8, 4) is 0 Å². The lowest BCUT2D eigenvalue weighted by Gasteiger charge is -2.07. The molecule has 1 N–H and O–H groups in total. The van der Waals surface area contributed by atoms with Gasteiger partial charge in [-0.15, -0.1) is 11.3 Å². The number of oxazole rings is 1. The summed E-state index contributed by atoms with van der Waals surface area (Å²) in [6.45, 7) is 3.86. The fourth-order valence-corrected chi connectivity index (χ4v) is 2.37. The van der Waals surface area contributed by atoms with Crippen molar-refractivity contribution in [3.63, 3.8) is 0 Å². The third kappa shape index (κ3) is 2.57. The lowest BCUT2D eigenvalue weighted by molar-refractivity contribution is 0.453. The molecule has 0 amide bonds. The Hall–Kier alpha value is -0.880. The van der Waals surface area contributed by atoms with Crippen molar-refractivity contribution in [1.82, 2.24) is 9.97 Å². The Kier molecular flexibility index (Phi) is 3.06. The average molecular weight is 288 g/mol. The Balaban J connectivity index is 2.06. The van der Waals surface area contributed by atoms with Crippen molar-refractivity contribution >= 4 is 32.4 Å². The van der Waals surface area contributed by atoms with Crippen LogP contribution in [0.1, 0.15) is 24.6 Å². The van der Waals surface area contributed by atoms with Crippen molar-refractivity contribution in [3.05, 3.63) is 27.8 Å². The molecule has 6 heteroatoms.